The summed E-state index contributed by atoms with van der Waals surface area (Å²) in [6, 6.07) is 11.4. The number of amides is 1. The van der Waals surface area contributed by atoms with Crippen molar-refractivity contribution in [2.45, 2.75) is 76.5 Å². The maximum atomic E-state index is 13.9. The van der Waals surface area contributed by atoms with Crippen molar-refractivity contribution in [1.82, 2.24) is 14.8 Å². The summed E-state index contributed by atoms with van der Waals surface area (Å²) >= 11 is 6.07. The Morgan fingerprint density at radius 3 is 2.53 bits per heavy atom. The molecular weight excluding hydrogens is 450 g/mol. The molecule has 1 aliphatic carbocycles. The standard InChI is InChI=1S/C27H34ClN3O3/c1-27(30(2)17-20-10-12-21(28)13-11-20,26(33)29-22-8-6-4-3-5-7-9-22)19-31-23(18-32)16-25-24(31)14-15-34-25/h10-16,18,22H,3-9,17,19H2,1-2H3,(H,29,33). The van der Waals surface area contributed by atoms with Crippen LogP contribution in [0.3, 0.4) is 0 Å². The third kappa shape index (κ3) is 5.39. The molecule has 1 saturated carbocycles. The van der Waals surface area contributed by atoms with E-state index in [0.29, 0.717) is 29.4 Å². The number of carbonyl (C=O) groups excluding carboxylic acids is 2. The number of nitrogens with zero attached hydrogens (tertiary/aromatic N) is 2. The van der Waals surface area contributed by atoms with Gasteiger partial charge in [0.2, 0.25) is 5.91 Å². The van der Waals surface area contributed by atoms with Gasteiger partial charge in [0.05, 0.1) is 24.0 Å². The predicted octanol–water partition coefficient (Wildman–Crippen LogP) is 5.82. The molecule has 1 N–H and O–H groups in total. The summed E-state index contributed by atoms with van der Waals surface area (Å²) in [7, 11) is 1.96. The van der Waals surface area contributed by atoms with E-state index >= 15 is 0 Å². The van der Waals surface area contributed by atoms with E-state index < -0.39 is 5.54 Å². The molecule has 0 saturated heterocycles. The van der Waals surface area contributed by atoms with Gasteiger partial charge in [0.25, 0.3) is 0 Å². The number of benzene rings is 1. The topological polar surface area (TPSA) is 67.5 Å². The molecule has 34 heavy (non-hydrogen) atoms. The minimum Gasteiger partial charge on any atom is -0.463 e. The van der Waals surface area contributed by atoms with Crippen LogP contribution in [0.1, 0.15) is 67.9 Å². The second-order valence-electron chi connectivity index (χ2n) is 9.72. The minimum absolute atomic E-state index is 0.0169. The third-order valence-corrected chi connectivity index (χ3v) is 7.50. The molecule has 6 nitrogen and oxygen atoms in total. The number of aromatic nitrogens is 1. The van der Waals surface area contributed by atoms with Crippen molar-refractivity contribution < 1.29 is 14.0 Å². The van der Waals surface area contributed by atoms with Crippen LogP contribution in [0.4, 0.5) is 0 Å². The lowest BCUT2D eigenvalue weighted by Crippen LogP contribution is -2.59. The number of likely N-dealkylation sites (N-methyl/N-ethyl adjacent to an activating group) is 1. The Kier molecular flexibility index (Phi) is 7.79. The van der Waals surface area contributed by atoms with Gasteiger partial charge in [0.1, 0.15) is 5.54 Å². The molecule has 182 valence electrons. The highest BCUT2D eigenvalue weighted by molar-refractivity contribution is 6.30. The highest BCUT2D eigenvalue weighted by Crippen LogP contribution is 2.27. The largest absolute Gasteiger partial charge is 0.463 e. The van der Waals surface area contributed by atoms with Gasteiger partial charge in [-0.25, -0.2) is 0 Å². The van der Waals surface area contributed by atoms with E-state index in [9.17, 15) is 9.59 Å². The van der Waals surface area contributed by atoms with E-state index in [2.05, 4.69) is 10.2 Å². The van der Waals surface area contributed by atoms with Crippen molar-refractivity contribution in [3.05, 3.63) is 58.9 Å². The van der Waals surface area contributed by atoms with Crippen LogP contribution in [0.25, 0.3) is 11.1 Å². The average molecular weight is 484 g/mol. The zero-order valence-electron chi connectivity index (χ0n) is 20.1. The van der Waals surface area contributed by atoms with Gasteiger partial charge >= 0.3 is 0 Å². The maximum absolute atomic E-state index is 13.9. The fourth-order valence-corrected chi connectivity index (χ4v) is 5.05. The van der Waals surface area contributed by atoms with Crippen molar-refractivity contribution in [2.75, 3.05) is 7.05 Å². The first-order valence-electron chi connectivity index (χ1n) is 12.2. The molecule has 1 amide bonds. The fraction of sp³-hybridized carbons (Fsp3) is 0.481. The van der Waals surface area contributed by atoms with Gasteiger partial charge < -0.3 is 14.3 Å². The molecule has 0 bridgehead atoms. The van der Waals surface area contributed by atoms with E-state index in [-0.39, 0.29) is 11.9 Å². The van der Waals surface area contributed by atoms with Crippen molar-refractivity contribution in [3.8, 4) is 0 Å². The monoisotopic (exact) mass is 483 g/mol. The van der Waals surface area contributed by atoms with Gasteiger partial charge in [-0.2, -0.15) is 0 Å². The smallest absolute Gasteiger partial charge is 0.242 e. The highest BCUT2D eigenvalue weighted by Gasteiger charge is 2.40. The van der Waals surface area contributed by atoms with Gasteiger partial charge in [-0.1, -0.05) is 55.8 Å². The molecule has 3 aromatic rings. The van der Waals surface area contributed by atoms with Gasteiger partial charge in [0.15, 0.2) is 11.9 Å². The summed E-state index contributed by atoms with van der Waals surface area (Å²) in [6.45, 7) is 2.85. The van der Waals surface area contributed by atoms with Gasteiger partial charge in [-0.15, -0.1) is 0 Å². The van der Waals surface area contributed by atoms with Crippen LogP contribution >= 0.6 is 11.6 Å². The molecule has 2 heterocycles. The summed E-state index contributed by atoms with van der Waals surface area (Å²) in [5.41, 5.74) is 2.12. The first kappa shape index (κ1) is 24.6. The second-order valence-corrected chi connectivity index (χ2v) is 10.2. The molecule has 0 spiro atoms. The summed E-state index contributed by atoms with van der Waals surface area (Å²) in [6.07, 6.45) is 10.5. The van der Waals surface area contributed by atoms with Crippen molar-refractivity contribution in [3.63, 3.8) is 0 Å². The van der Waals surface area contributed by atoms with Crippen molar-refractivity contribution in [2.24, 2.45) is 0 Å². The number of hydrogen-bond acceptors (Lipinski definition) is 4. The molecule has 1 atom stereocenters. The molecule has 7 heteroatoms. The highest BCUT2D eigenvalue weighted by atomic mass is 35.5. The SMILES string of the molecule is CN(Cc1ccc(Cl)cc1)C(C)(Cn1c(C=O)cc2occc21)C(=O)NC1CCCCCCC1. The van der Waals surface area contributed by atoms with E-state index in [1.54, 1.807) is 12.3 Å². The summed E-state index contributed by atoms with van der Waals surface area (Å²) in [5.74, 6) is -0.0169. The predicted molar refractivity (Wildman–Crippen MR) is 135 cm³/mol. The molecule has 1 fully saturated rings. The number of aldehydes is 1. The van der Waals surface area contributed by atoms with Crippen LogP contribution in [0.5, 0.6) is 0 Å². The molecule has 4 rings (SSSR count). The third-order valence-electron chi connectivity index (χ3n) is 7.25. The number of fused-ring (bicyclic) bond motifs is 1. The van der Waals surface area contributed by atoms with E-state index in [1.165, 1.54) is 19.3 Å². The lowest BCUT2D eigenvalue weighted by molar-refractivity contribution is -0.134. The number of nitrogens with one attached hydrogen (secondary N) is 1. The molecule has 1 aliphatic rings. The van der Waals surface area contributed by atoms with Crippen LogP contribution in [-0.4, -0.2) is 40.3 Å². The Balaban J connectivity index is 1.63. The average Bonchev–Trinajstić information content (AvgIpc) is 3.39. The van der Waals surface area contributed by atoms with Crippen molar-refractivity contribution >= 4 is 34.9 Å². The van der Waals surface area contributed by atoms with Crippen LogP contribution in [-0.2, 0) is 17.9 Å². The van der Waals surface area contributed by atoms with E-state index in [4.69, 9.17) is 16.0 Å². The summed E-state index contributed by atoms with van der Waals surface area (Å²) in [4.78, 5) is 27.8. The Labute approximate surface area is 206 Å². The lowest BCUT2D eigenvalue weighted by Gasteiger charge is -2.39. The quantitative estimate of drug-likeness (QED) is 0.410. The van der Waals surface area contributed by atoms with Crippen molar-refractivity contribution in [1.29, 1.82) is 0 Å². The Morgan fingerprint density at radius 2 is 1.85 bits per heavy atom. The lowest BCUT2D eigenvalue weighted by atomic mass is 9.93. The first-order valence-corrected chi connectivity index (χ1v) is 12.6. The van der Waals surface area contributed by atoms with Gasteiger partial charge in [-0.05, 0) is 44.5 Å². The molecule has 1 unspecified atom stereocenters. The molecule has 0 aliphatic heterocycles. The Morgan fingerprint density at radius 1 is 1.18 bits per heavy atom. The zero-order chi connectivity index (χ0) is 24.1. The van der Waals surface area contributed by atoms with Crippen LogP contribution in [0.15, 0.2) is 47.1 Å². The fourth-order valence-electron chi connectivity index (χ4n) is 4.92. The summed E-state index contributed by atoms with van der Waals surface area (Å²) in [5, 5.41) is 4.05. The van der Waals surface area contributed by atoms with Crippen LogP contribution < -0.4 is 5.32 Å². The maximum Gasteiger partial charge on any atom is 0.242 e. The Hall–Kier alpha value is -2.57. The number of rotatable bonds is 8. The van der Waals surface area contributed by atoms with Gasteiger partial charge in [0, 0.05) is 29.7 Å². The summed E-state index contributed by atoms with van der Waals surface area (Å²) < 4.78 is 7.41. The number of hydrogen-bond donors (Lipinski definition) is 1. The van der Waals surface area contributed by atoms with E-state index in [0.717, 1.165) is 43.0 Å². The zero-order valence-corrected chi connectivity index (χ0v) is 20.8. The molecule has 0 radical (unpaired) electrons. The van der Waals surface area contributed by atoms with Crippen LogP contribution in [0.2, 0.25) is 5.02 Å². The first-order chi connectivity index (χ1) is 16.4. The molecule has 2 aromatic heterocycles. The second kappa shape index (κ2) is 10.8. The number of carbonyl (C=O) groups is 2. The molecule has 1 aromatic carbocycles. The molecular formula is C27H34ClN3O3. The normalized spacial score (nSPS) is 17.3. The Bertz CT molecular complexity index is 1110. The van der Waals surface area contributed by atoms with Gasteiger partial charge in [-0.3, -0.25) is 14.5 Å². The minimum atomic E-state index is -0.900. The van der Waals surface area contributed by atoms with E-state index in [1.807, 2.05) is 48.9 Å². The number of furan rings is 1. The number of halogens is 1. The van der Waals surface area contributed by atoms with Crippen LogP contribution in [0, 0.1) is 0 Å².